The fourth-order valence-electron chi connectivity index (χ4n) is 2.90. The first-order chi connectivity index (χ1) is 12.1. The van der Waals surface area contributed by atoms with Crippen molar-refractivity contribution < 1.29 is 14.3 Å². The first-order valence-electron chi connectivity index (χ1n) is 8.55. The maximum atomic E-state index is 12.7. The first-order valence-corrected chi connectivity index (χ1v) is 8.55. The molecule has 1 heterocycles. The number of nitrogens with one attached hydrogen (secondary N) is 1. The van der Waals surface area contributed by atoms with Gasteiger partial charge in [0, 0.05) is 25.4 Å². The highest BCUT2D eigenvalue weighted by atomic mass is 35.5. The predicted octanol–water partition coefficient (Wildman–Crippen LogP) is 3.90. The Hall–Kier alpha value is -2.08. The number of amides is 1. The number of hydrogen-bond acceptors (Lipinski definition) is 4. The molecular weight excluding hydrogens is 352 g/mol. The van der Waals surface area contributed by atoms with Crippen LogP contribution in [0.3, 0.4) is 0 Å². The zero-order chi connectivity index (χ0) is 17.7. The summed E-state index contributed by atoms with van der Waals surface area (Å²) in [6.07, 6.45) is 1.31. The van der Waals surface area contributed by atoms with Crippen LogP contribution in [-0.2, 0) is 9.53 Å². The molecular formula is C20H25ClN2O3. The largest absolute Gasteiger partial charge is 0.457 e. The van der Waals surface area contributed by atoms with Gasteiger partial charge in [0.15, 0.2) is 0 Å². The molecule has 1 aliphatic rings. The molecule has 1 amide bonds. The van der Waals surface area contributed by atoms with Gasteiger partial charge in [0.25, 0.3) is 0 Å². The summed E-state index contributed by atoms with van der Waals surface area (Å²) in [7, 11) is 0. The molecule has 0 unspecified atom stereocenters. The van der Waals surface area contributed by atoms with E-state index in [-0.39, 0.29) is 18.3 Å². The van der Waals surface area contributed by atoms with Crippen molar-refractivity contribution in [3.05, 3.63) is 54.1 Å². The minimum Gasteiger partial charge on any atom is -0.457 e. The summed E-state index contributed by atoms with van der Waals surface area (Å²) < 4.78 is 11.2. The second-order valence-corrected chi connectivity index (χ2v) is 6.49. The molecule has 140 valence electrons. The fourth-order valence-corrected chi connectivity index (χ4v) is 2.90. The summed E-state index contributed by atoms with van der Waals surface area (Å²) in [4.78, 5) is 12.7. The fraction of sp³-hybridized carbons (Fsp3) is 0.350. The van der Waals surface area contributed by atoms with Crippen LogP contribution < -0.4 is 15.8 Å². The number of halogens is 1. The zero-order valence-electron chi connectivity index (χ0n) is 14.9. The van der Waals surface area contributed by atoms with Gasteiger partial charge in [0.1, 0.15) is 11.5 Å². The molecule has 0 spiro atoms. The summed E-state index contributed by atoms with van der Waals surface area (Å²) in [6.45, 7) is 3.52. The molecule has 0 bridgehead atoms. The van der Waals surface area contributed by atoms with Crippen molar-refractivity contribution in [2.75, 3.05) is 25.1 Å². The average molecular weight is 377 g/mol. The lowest BCUT2D eigenvalue weighted by Gasteiger charge is -2.34. The van der Waals surface area contributed by atoms with E-state index in [4.69, 9.17) is 15.2 Å². The van der Waals surface area contributed by atoms with Gasteiger partial charge in [-0.1, -0.05) is 17.7 Å². The van der Waals surface area contributed by atoms with Crippen LogP contribution in [0.25, 0.3) is 0 Å². The number of anilines is 1. The third-order valence-electron chi connectivity index (χ3n) is 4.69. The second kappa shape index (κ2) is 9.03. The lowest BCUT2D eigenvalue weighted by molar-refractivity contribution is -0.130. The molecule has 1 fully saturated rings. The standard InChI is InChI=1S/C20H24N2O3.ClH/c1-15-2-6-17(7-3-15)25-18-8-4-16(5-9-18)22-19(23)20(14-21)10-12-24-13-11-20;/h2-9H,10-14,21H2,1H3,(H,22,23);1H. The molecule has 26 heavy (non-hydrogen) atoms. The lowest BCUT2D eigenvalue weighted by Crippen LogP contribution is -2.46. The van der Waals surface area contributed by atoms with Crippen LogP contribution in [-0.4, -0.2) is 25.7 Å². The molecule has 0 aromatic heterocycles. The molecule has 0 atom stereocenters. The van der Waals surface area contributed by atoms with Crippen LogP contribution in [0.1, 0.15) is 18.4 Å². The summed E-state index contributed by atoms with van der Waals surface area (Å²) in [5.74, 6) is 1.47. The van der Waals surface area contributed by atoms with Gasteiger partial charge in [-0.15, -0.1) is 12.4 Å². The van der Waals surface area contributed by atoms with Crippen molar-refractivity contribution in [1.29, 1.82) is 0 Å². The van der Waals surface area contributed by atoms with Gasteiger partial charge in [-0.3, -0.25) is 4.79 Å². The van der Waals surface area contributed by atoms with E-state index in [1.807, 2.05) is 55.5 Å². The van der Waals surface area contributed by atoms with E-state index in [1.165, 1.54) is 5.56 Å². The number of carbonyl (C=O) groups excluding carboxylic acids is 1. The Labute approximate surface area is 160 Å². The van der Waals surface area contributed by atoms with Crippen LogP contribution in [0.15, 0.2) is 48.5 Å². The molecule has 0 aliphatic carbocycles. The van der Waals surface area contributed by atoms with E-state index in [2.05, 4.69) is 5.32 Å². The number of nitrogens with two attached hydrogens (primary N) is 1. The molecule has 2 aromatic carbocycles. The number of benzene rings is 2. The Kier molecular flexibility index (Phi) is 7.03. The molecule has 0 saturated carbocycles. The van der Waals surface area contributed by atoms with E-state index in [0.29, 0.717) is 32.6 Å². The van der Waals surface area contributed by atoms with Gasteiger partial charge in [-0.2, -0.15) is 0 Å². The SMILES string of the molecule is Cc1ccc(Oc2ccc(NC(=O)C3(CN)CCOCC3)cc2)cc1.Cl. The van der Waals surface area contributed by atoms with Gasteiger partial charge in [-0.05, 0) is 56.2 Å². The Morgan fingerprint density at radius 3 is 2.15 bits per heavy atom. The van der Waals surface area contributed by atoms with Gasteiger partial charge in [0.2, 0.25) is 5.91 Å². The topological polar surface area (TPSA) is 73.6 Å². The van der Waals surface area contributed by atoms with E-state index >= 15 is 0 Å². The minimum absolute atomic E-state index is 0. The summed E-state index contributed by atoms with van der Waals surface area (Å²) in [5.41, 5.74) is 7.27. The highest BCUT2D eigenvalue weighted by Gasteiger charge is 2.38. The summed E-state index contributed by atoms with van der Waals surface area (Å²) in [5, 5.41) is 2.97. The first kappa shape index (κ1) is 20.2. The Morgan fingerprint density at radius 1 is 1.08 bits per heavy atom. The van der Waals surface area contributed by atoms with E-state index in [1.54, 1.807) is 0 Å². The van der Waals surface area contributed by atoms with Crippen LogP contribution in [0, 0.1) is 12.3 Å². The number of hydrogen-bond donors (Lipinski definition) is 2. The van der Waals surface area contributed by atoms with Crippen molar-refractivity contribution in [3.63, 3.8) is 0 Å². The maximum Gasteiger partial charge on any atom is 0.232 e. The third-order valence-corrected chi connectivity index (χ3v) is 4.69. The van der Waals surface area contributed by atoms with Crippen LogP contribution in [0.5, 0.6) is 11.5 Å². The van der Waals surface area contributed by atoms with Gasteiger partial charge in [-0.25, -0.2) is 0 Å². The summed E-state index contributed by atoms with van der Waals surface area (Å²) in [6, 6.07) is 15.2. The molecule has 0 radical (unpaired) electrons. The van der Waals surface area contributed by atoms with Crippen LogP contribution in [0.4, 0.5) is 5.69 Å². The Morgan fingerprint density at radius 2 is 1.62 bits per heavy atom. The molecule has 5 nitrogen and oxygen atoms in total. The van der Waals surface area contributed by atoms with Crippen molar-refractivity contribution in [2.45, 2.75) is 19.8 Å². The van der Waals surface area contributed by atoms with Gasteiger partial charge >= 0.3 is 0 Å². The number of aryl methyl sites for hydroxylation is 1. The van der Waals surface area contributed by atoms with Gasteiger partial charge in [0.05, 0.1) is 5.41 Å². The monoisotopic (exact) mass is 376 g/mol. The van der Waals surface area contributed by atoms with Crippen molar-refractivity contribution in [2.24, 2.45) is 11.1 Å². The highest BCUT2D eigenvalue weighted by molar-refractivity contribution is 5.95. The quantitative estimate of drug-likeness (QED) is 0.829. The van der Waals surface area contributed by atoms with Gasteiger partial charge < -0.3 is 20.5 Å². The van der Waals surface area contributed by atoms with Crippen molar-refractivity contribution >= 4 is 24.0 Å². The Bertz CT molecular complexity index is 711. The Balaban J connectivity index is 0.00000243. The number of ether oxygens (including phenoxy) is 2. The smallest absolute Gasteiger partial charge is 0.232 e. The zero-order valence-corrected chi connectivity index (χ0v) is 15.7. The molecule has 1 aliphatic heterocycles. The van der Waals surface area contributed by atoms with E-state index < -0.39 is 5.41 Å². The molecule has 3 rings (SSSR count). The van der Waals surface area contributed by atoms with Crippen LogP contribution in [0.2, 0.25) is 0 Å². The highest BCUT2D eigenvalue weighted by Crippen LogP contribution is 2.31. The van der Waals surface area contributed by atoms with Crippen LogP contribution >= 0.6 is 12.4 Å². The molecule has 6 heteroatoms. The van der Waals surface area contributed by atoms with E-state index in [9.17, 15) is 4.79 Å². The number of rotatable bonds is 5. The van der Waals surface area contributed by atoms with Crippen molar-refractivity contribution in [3.8, 4) is 11.5 Å². The molecule has 2 aromatic rings. The minimum atomic E-state index is -0.532. The normalized spacial score (nSPS) is 15.6. The van der Waals surface area contributed by atoms with E-state index in [0.717, 1.165) is 17.2 Å². The number of carbonyl (C=O) groups is 1. The second-order valence-electron chi connectivity index (χ2n) is 6.49. The lowest BCUT2D eigenvalue weighted by atomic mass is 9.79. The third kappa shape index (κ3) is 4.75. The average Bonchev–Trinajstić information content (AvgIpc) is 2.65. The summed E-state index contributed by atoms with van der Waals surface area (Å²) >= 11 is 0. The molecule has 3 N–H and O–H groups in total. The van der Waals surface area contributed by atoms with Crippen molar-refractivity contribution in [1.82, 2.24) is 0 Å². The maximum absolute atomic E-state index is 12.7. The molecule has 1 saturated heterocycles. The predicted molar refractivity (Wildman–Crippen MR) is 105 cm³/mol.